The largest absolute Gasteiger partial charge is 0.366 e. The van der Waals surface area contributed by atoms with Crippen LogP contribution in [0.15, 0.2) is 18.7 Å². The SMILES string of the molecule is Nc1n[nH]c(C(=O)NCCCCn2ccnc2)n1. The molecule has 96 valence electrons. The molecule has 1 amide bonds. The van der Waals surface area contributed by atoms with Gasteiger partial charge in [0.15, 0.2) is 0 Å². The second-order valence-electron chi connectivity index (χ2n) is 3.81. The van der Waals surface area contributed by atoms with E-state index in [2.05, 4.69) is 25.5 Å². The molecule has 2 heterocycles. The molecule has 0 aliphatic rings. The summed E-state index contributed by atoms with van der Waals surface area (Å²) in [6.07, 6.45) is 7.28. The van der Waals surface area contributed by atoms with Crippen LogP contribution < -0.4 is 11.1 Å². The van der Waals surface area contributed by atoms with Crippen LogP contribution in [-0.4, -0.2) is 37.2 Å². The van der Waals surface area contributed by atoms with Crippen LogP contribution in [0.2, 0.25) is 0 Å². The van der Waals surface area contributed by atoms with Crippen molar-refractivity contribution in [1.29, 1.82) is 0 Å². The molecule has 0 spiro atoms. The van der Waals surface area contributed by atoms with Gasteiger partial charge in [0.05, 0.1) is 6.33 Å². The van der Waals surface area contributed by atoms with Gasteiger partial charge < -0.3 is 15.6 Å². The zero-order chi connectivity index (χ0) is 12.8. The Morgan fingerprint density at radius 3 is 3.06 bits per heavy atom. The van der Waals surface area contributed by atoms with Crippen molar-refractivity contribution < 1.29 is 4.79 Å². The molecule has 8 nitrogen and oxygen atoms in total. The molecular weight excluding hydrogens is 234 g/mol. The molecule has 2 aromatic rings. The Labute approximate surface area is 104 Å². The fraction of sp³-hybridized carbons (Fsp3) is 0.400. The highest BCUT2D eigenvalue weighted by molar-refractivity contribution is 5.90. The van der Waals surface area contributed by atoms with Crippen LogP contribution in [0.1, 0.15) is 23.5 Å². The van der Waals surface area contributed by atoms with E-state index in [1.54, 1.807) is 12.5 Å². The van der Waals surface area contributed by atoms with Crippen LogP contribution >= 0.6 is 0 Å². The van der Waals surface area contributed by atoms with Crippen molar-refractivity contribution in [2.24, 2.45) is 0 Å². The van der Waals surface area contributed by atoms with Crippen LogP contribution in [0.4, 0.5) is 5.95 Å². The number of aromatic nitrogens is 5. The number of nitrogen functional groups attached to an aromatic ring is 1. The highest BCUT2D eigenvalue weighted by Crippen LogP contribution is 1.96. The number of unbranched alkanes of at least 4 members (excludes halogenated alkanes) is 1. The zero-order valence-electron chi connectivity index (χ0n) is 9.83. The number of rotatable bonds is 6. The molecule has 0 aliphatic heterocycles. The van der Waals surface area contributed by atoms with Gasteiger partial charge in [-0.1, -0.05) is 0 Å². The Bertz CT molecular complexity index is 490. The molecular formula is C10H15N7O. The molecule has 0 saturated heterocycles. The first-order chi connectivity index (χ1) is 8.75. The van der Waals surface area contributed by atoms with E-state index >= 15 is 0 Å². The predicted octanol–water partition coefficient (Wildman–Crippen LogP) is -0.206. The number of carbonyl (C=O) groups excluding carboxylic acids is 1. The first-order valence-corrected chi connectivity index (χ1v) is 5.67. The Kier molecular flexibility index (Phi) is 3.90. The van der Waals surface area contributed by atoms with E-state index in [-0.39, 0.29) is 17.7 Å². The van der Waals surface area contributed by atoms with Gasteiger partial charge in [-0.15, -0.1) is 5.10 Å². The van der Waals surface area contributed by atoms with Crippen LogP contribution in [0, 0.1) is 0 Å². The summed E-state index contributed by atoms with van der Waals surface area (Å²) < 4.78 is 2.00. The molecule has 0 saturated carbocycles. The summed E-state index contributed by atoms with van der Waals surface area (Å²) in [4.78, 5) is 19.2. The van der Waals surface area contributed by atoms with Crippen molar-refractivity contribution in [3.05, 3.63) is 24.5 Å². The quantitative estimate of drug-likeness (QED) is 0.613. The van der Waals surface area contributed by atoms with Crippen LogP contribution in [-0.2, 0) is 6.54 Å². The smallest absolute Gasteiger partial charge is 0.288 e. The van der Waals surface area contributed by atoms with Crippen molar-refractivity contribution in [3.63, 3.8) is 0 Å². The number of H-pyrrole nitrogens is 1. The second-order valence-corrected chi connectivity index (χ2v) is 3.81. The van der Waals surface area contributed by atoms with E-state index in [1.807, 2.05) is 10.8 Å². The number of imidazole rings is 1. The predicted molar refractivity (Wildman–Crippen MR) is 64.6 cm³/mol. The average molecular weight is 249 g/mol. The Morgan fingerprint density at radius 2 is 2.39 bits per heavy atom. The standard InChI is InChI=1S/C10H15N7O/c11-10-14-8(15-16-10)9(18)13-3-1-2-5-17-6-4-12-7-17/h4,6-7H,1-3,5H2,(H,13,18)(H3,11,14,15,16). The molecule has 18 heavy (non-hydrogen) atoms. The molecule has 4 N–H and O–H groups in total. The summed E-state index contributed by atoms with van der Waals surface area (Å²) in [5, 5.41) is 8.78. The first kappa shape index (κ1) is 12.1. The summed E-state index contributed by atoms with van der Waals surface area (Å²) >= 11 is 0. The molecule has 0 unspecified atom stereocenters. The third kappa shape index (κ3) is 3.30. The Balaban J connectivity index is 1.62. The number of carbonyl (C=O) groups is 1. The summed E-state index contributed by atoms with van der Waals surface area (Å²) in [5.74, 6) is -0.0794. The minimum atomic E-state index is -0.290. The monoisotopic (exact) mass is 249 g/mol. The van der Waals surface area contributed by atoms with Crippen LogP contribution in [0.3, 0.4) is 0 Å². The van der Waals surface area contributed by atoms with Gasteiger partial charge >= 0.3 is 0 Å². The topological polar surface area (TPSA) is 115 Å². The zero-order valence-corrected chi connectivity index (χ0v) is 9.83. The van der Waals surface area contributed by atoms with Gasteiger partial charge in [-0.2, -0.15) is 4.98 Å². The average Bonchev–Trinajstić information content (AvgIpc) is 2.99. The molecule has 0 bridgehead atoms. The van der Waals surface area contributed by atoms with Crippen molar-refractivity contribution in [3.8, 4) is 0 Å². The summed E-state index contributed by atoms with van der Waals surface area (Å²) in [5.41, 5.74) is 5.30. The molecule has 0 radical (unpaired) electrons. The Hall–Kier alpha value is -2.38. The van der Waals surface area contributed by atoms with E-state index in [0.717, 1.165) is 19.4 Å². The van der Waals surface area contributed by atoms with Gasteiger partial charge in [0.25, 0.3) is 5.91 Å². The van der Waals surface area contributed by atoms with E-state index in [1.165, 1.54) is 0 Å². The van der Waals surface area contributed by atoms with Gasteiger partial charge in [0.1, 0.15) is 0 Å². The van der Waals surface area contributed by atoms with Gasteiger partial charge in [0.2, 0.25) is 11.8 Å². The highest BCUT2D eigenvalue weighted by Gasteiger charge is 2.09. The molecule has 0 aromatic carbocycles. The molecule has 0 fully saturated rings. The van der Waals surface area contributed by atoms with E-state index in [9.17, 15) is 4.79 Å². The van der Waals surface area contributed by atoms with Crippen LogP contribution in [0.5, 0.6) is 0 Å². The minimum absolute atomic E-state index is 0.0697. The number of nitrogens with zero attached hydrogens (tertiary/aromatic N) is 4. The van der Waals surface area contributed by atoms with Crippen molar-refractivity contribution in [1.82, 2.24) is 30.0 Å². The maximum Gasteiger partial charge on any atom is 0.288 e. The number of anilines is 1. The normalized spacial score (nSPS) is 10.4. The maximum absolute atomic E-state index is 11.5. The van der Waals surface area contributed by atoms with Gasteiger partial charge in [-0.25, -0.2) is 4.98 Å². The third-order valence-electron chi connectivity index (χ3n) is 2.41. The lowest BCUT2D eigenvalue weighted by Gasteiger charge is -2.03. The fourth-order valence-electron chi connectivity index (χ4n) is 1.50. The fourth-order valence-corrected chi connectivity index (χ4v) is 1.50. The molecule has 2 aromatic heterocycles. The lowest BCUT2D eigenvalue weighted by Crippen LogP contribution is -2.25. The number of aryl methyl sites for hydroxylation is 1. The summed E-state index contributed by atoms with van der Waals surface area (Å²) in [7, 11) is 0. The van der Waals surface area contributed by atoms with Crippen molar-refractivity contribution in [2.45, 2.75) is 19.4 Å². The maximum atomic E-state index is 11.5. The number of hydrogen-bond donors (Lipinski definition) is 3. The highest BCUT2D eigenvalue weighted by atomic mass is 16.2. The van der Waals surface area contributed by atoms with Crippen LogP contribution in [0.25, 0.3) is 0 Å². The molecule has 2 rings (SSSR count). The van der Waals surface area contributed by atoms with Gasteiger partial charge in [0, 0.05) is 25.5 Å². The van der Waals surface area contributed by atoms with Gasteiger partial charge in [-0.3, -0.25) is 9.89 Å². The first-order valence-electron chi connectivity index (χ1n) is 5.67. The summed E-state index contributed by atoms with van der Waals surface area (Å²) in [6.45, 7) is 1.49. The lowest BCUT2D eigenvalue weighted by molar-refractivity contribution is 0.0943. The molecule has 8 heteroatoms. The van der Waals surface area contributed by atoms with E-state index in [0.29, 0.717) is 6.54 Å². The Morgan fingerprint density at radius 1 is 1.50 bits per heavy atom. The second kappa shape index (κ2) is 5.80. The number of nitrogens with one attached hydrogen (secondary N) is 2. The van der Waals surface area contributed by atoms with Gasteiger partial charge in [-0.05, 0) is 12.8 Å². The third-order valence-corrected chi connectivity index (χ3v) is 2.41. The van der Waals surface area contributed by atoms with E-state index < -0.39 is 0 Å². The minimum Gasteiger partial charge on any atom is -0.366 e. The van der Waals surface area contributed by atoms with Crippen molar-refractivity contribution in [2.75, 3.05) is 12.3 Å². The molecule has 0 atom stereocenters. The number of hydrogen-bond acceptors (Lipinski definition) is 5. The number of aromatic amines is 1. The number of nitrogens with two attached hydrogens (primary N) is 1. The van der Waals surface area contributed by atoms with Crippen molar-refractivity contribution >= 4 is 11.9 Å². The lowest BCUT2D eigenvalue weighted by atomic mass is 10.3. The van der Waals surface area contributed by atoms with E-state index in [4.69, 9.17) is 5.73 Å². The molecule has 0 aliphatic carbocycles. The number of amides is 1. The summed E-state index contributed by atoms with van der Waals surface area (Å²) in [6, 6.07) is 0.